The summed E-state index contributed by atoms with van der Waals surface area (Å²) in [6.45, 7) is 0. The lowest BCUT2D eigenvalue weighted by Gasteiger charge is -2.03. The molecule has 0 aliphatic heterocycles. The van der Waals surface area contributed by atoms with Gasteiger partial charge in [-0.05, 0) is 17.7 Å². The van der Waals surface area contributed by atoms with Crippen LogP contribution in [0.2, 0.25) is 0 Å². The zero-order valence-corrected chi connectivity index (χ0v) is 13.5. The van der Waals surface area contributed by atoms with Gasteiger partial charge in [0.05, 0.1) is 17.6 Å². The molecule has 4 rings (SSSR count). The third-order valence-corrected chi connectivity index (χ3v) is 4.22. The van der Waals surface area contributed by atoms with Gasteiger partial charge in [-0.1, -0.05) is 18.2 Å². The summed E-state index contributed by atoms with van der Waals surface area (Å²) in [6, 6.07) is 9.96. The van der Waals surface area contributed by atoms with Crippen molar-refractivity contribution in [1.82, 2.24) is 25.1 Å². The van der Waals surface area contributed by atoms with Crippen LogP contribution in [0, 0.1) is 0 Å². The lowest BCUT2D eigenvalue weighted by molar-refractivity contribution is -0.119. The van der Waals surface area contributed by atoms with Gasteiger partial charge < -0.3 is 10.4 Å². The molecule has 1 aromatic carbocycles. The Labute approximate surface area is 138 Å². The Morgan fingerprint density at radius 2 is 2.21 bits per heavy atom. The fraction of sp³-hybridized carbons (Fsp3) is 0.167. The van der Waals surface area contributed by atoms with E-state index >= 15 is 0 Å². The van der Waals surface area contributed by atoms with Crippen molar-refractivity contribution in [3.63, 3.8) is 0 Å². The average molecular weight is 319 g/mol. The molecule has 3 heterocycles. The molecule has 6 nitrogen and oxygen atoms in total. The fourth-order valence-corrected chi connectivity index (χ4v) is 3.00. The van der Waals surface area contributed by atoms with E-state index in [1.165, 1.54) is 0 Å². The molecule has 0 aliphatic rings. The van der Waals surface area contributed by atoms with E-state index in [0.717, 1.165) is 38.8 Å². The molecule has 0 radical (unpaired) electrons. The third kappa shape index (κ3) is 2.32. The highest BCUT2D eigenvalue weighted by molar-refractivity contribution is 6.04. The van der Waals surface area contributed by atoms with Gasteiger partial charge in [0, 0.05) is 42.8 Å². The van der Waals surface area contributed by atoms with Crippen LogP contribution in [-0.4, -0.2) is 32.7 Å². The van der Waals surface area contributed by atoms with Crippen LogP contribution in [0.25, 0.3) is 33.2 Å². The van der Waals surface area contributed by atoms with E-state index in [-0.39, 0.29) is 5.91 Å². The smallest absolute Gasteiger partial charge is 0.224 e. The van der Waals surface area contributed by atoms with Crippen LogP contribution in [-0.2, 0) is 18.3 Å². The van der Waals surface area contributed by atoms with Crippen LogP contribution in [0.4, 0.5) is 0 Å². The minimum atomic E-state index is -0.00417. The standard InChI is InChI=1S/C18H17N5O/c1-19-16(24)7-11-4-3-5-12(6-11)15-8-14-17-13(10-21-23(17)2)9-20-18(14)22-15/h3-6,8-10,21H,7H2,1-2H3,(H,19,24). The number of carbonyl (C=O) groups is 1. The number of pyridine rings is 1. The topological polar surface area (TPSA) is 75.6 Å². The SMILES string of the molecule is CNC(=O)Cc1cccc(-c2cc3c(ncc4c[nH]n(C)c43)n2)c1. The molecular weight excluding hydrogens is 302 g/mol. The van der Waals surface area contributed by atoms with E-state index < -0.39 is 0 Å². The summed E-state index contributed by atoms with van der Waals surface area (Å²) in [6.07, 6.45) is 4.12. The normalized spacial score (nSPS) is 11.2. The molecule has 1 amide bonds. The number of nitrogens with one attached hydrogen (secondary N) is 2. The number of fused-ring (bicyclic) bond motifs is 3. The number of benzene rings is 1. The molecule has 0 fully saturated rings. The summed E-state index contributed by atoms with van der Waals surface area (Å²) in [7, 11) is 3.61. The molecular formula is C18H17N5O. The minimum absolute atomic E-state index is 0.00417. The molecule has 3 aromatic heterocycles. The number of amides is 1. The number of hydrogen-bond acceptors (Lipinski definition) is 3. The van der Waals surface area contributed by atoms with Crippen molar-refractivity contribution in [3.8, 4) is 11.3 Å². The minimum Gasteiger partial charge on any atom is -0.359 e. The molecule has 0 atom stereocenters. The van der Waals surface area contributed by atoms with E-state index in [1.807, 2.05) is 48.4 Å². The van der Waals surface area contributed by atoms with E-state index in [9.17, 15) is 4.79 Å². The third-order valence-electron chi connectivity index (χ3n) is 4.22. The second kappa shape index (κ2) is 5.49. The van der Waals surface area contributed by atoms with Gasteiger partial charge >= 0.3 is 0 Å². The highest BCUT2D eigenvalue weighted by atomic mass is 16.1. The molecule has 120 valence electrons. The number of aromatic nitrogens is 4. The van der Waals surface area contributed by atoms with Crippen molar-refractivity contribution >= 4 is 27.8 Å². The van der Waals surface area contributed by atoms with Gasteiger partial charge in [0.1, 0.15) is 0 Å². The first-order chi connectivity index (χ1) is 11.7. The molecule has 0 saturated heterocycles. The highest BCUT2D eigenvalue weighted by Crippen LogP contribution is 2.28. The lowest BCUT2D eigenvalue weighted by Crippen LogP contribution is -2.19. The van der Waals surface area contributed by atoms with E-state index in [4.69, 9.17) is 0 Å². The maximum atomic E-state index is 11.6. The van der Waals surface area contributed by atoms with Crippen LogP contribution in [0.15, 0.2) is 42.7 Å². The predicted molar refractivity (Wildman–Crippen MR) is 93.6 cm³/mol. The summed E-state index contributed by atoms with van der Waals surface area (Å²) in [5, 5.41) is 7.88. The number of rotatable bonds is 3. The number of nitrogens with zero attached hydrogens (tertiary/aromatic N) is 3. The summed E-state index contributed by atoms with van der Waals surface area (Å²) >= 11 is 0. The van der Waals surface area contributed by atoms with Crippen molar-refractivity contribution in [2.45, 2.75) is 6.42 Å². The van der Waals surface area contributed by atoms with Crippen LogP contribution in [0.5, 0.6) is 0 Å². The number of H-pyrrole nitrogens is 1. The van der Waals surface area contributed by atoms with Crippen molar-refractivity contribution in [1.29, 1.82) is 0 Å². The molecule has 0 spiro atoms. The number of aryl methyl sites for hydroxylation is 1. The van der Waals surface area contributed by atoms with Crippen LogP contribution < -0.4 is 5.32 Å². The Balaban J connectivity index is 1.82. The molecule has 4 aromatic rings. The first kappa shape index (κ1) is 14.4. The monoisotopic (exact) mass is 319 g/mol. The van der Waals surface area contributed by atoms with Crippen molar-refractivity contribution in [2.75, 3.05) is 7.05 Å². The van der Waals surface area contributed by atoms with Gasteiger partial charge in [0.2, 0.25) is 5.91 Å². The summed E-state index contributed by atoms with van der Waals surface area (Å²) in [4.78, 5) is 20.7. The van der Waals surface area contributed by atoms with Crippen LogP contribution in [0.1, 0.15) is 5.56 Å². The van der Waals surface area contributed by atoms with Gasteiger partial charge in [0.25, 0.3) is 0 Å². The Morgan fingerprint density at radius 1 is 1.33 bits per heavy atom. The molecule has 0 saturated carbocycles. The molecule has 6 heteroatoms. The lowest BCUT2D eigenvalue weighted by atomic mass is 10.1. The fourth-order valence-electron chi connectivity index (χ4n) is 3.00. The maximum absolute atomic E-state index is 11.6. The summed E-state index contributed by atoms with van der Waals surface area (Å²) in [5.74, 6) is -0.00417. The molecule has 0 unspecified atom stereocenters. The molecule has 0 bridgehead atoms. The van der Waals surface area contributed by atoms with Crippen LogP contribution in [0.3, 0.4) is 0 Å². The van der Waals surface area contributed by atoms with Crippen LogP contribution >= 0.6 is 0 Å². The first-order valence-electron chi connectivity index (χ1n) is 7.75. The van der Waals surface area contributed by atoms with Gasteiger partial charge in [0.15, 0.2) is 5.65 Å². The van der Waals surface area contributed by atoms with Gasteiger partial charge in [-0.25, -0.2) is 9.97 Å². The Morgan fingerprint density at radius 3 is 3.04 bits per heavy atom. The van der Waals surface area contributed by atoms with E-state index in [1.54, 1.807) is 7.05 Å². The number of carbonyl (C=O) groups excluding carboxylic acids is 1. The average Bonchev–Trinajstić information content (AvgIpc) is 3.18. The first-order valence-corrected chi connectivity index (χ1v) is 7.75. The zero-order valence-electron chi connectivity index (χ0n) is 13.5. The van der Waals surface area contributed by atoms with Crippen molar-refractivity contribution in [3.05, 3.63) is 48.3 Å². The Hall–Kier alpha value is -3.15. The van der Waals surface area contributed by atoms with E-state index in [2.05, 4.69) is 26.4 Å². The largest absolute Gasteiger partial charge is 0.359 e. The maximum Gasteiger partial charge on any atom is 0.224 e. The van der Waals surface area contributed by atoms with Crippen molar-refractivity contribution in [2.24, 2.45) is 7.05 Å². The number of aromatic amines is 1. The zero-order chi connectivity index (χ0) is 16.7. The summed E-state index contributed by atoms with van der Waals surface area (Å²) in [5.41, 5.74) is 4.62. The van der Waals surface area contributed by atoms with E-state index in [0.29, 0.717) is 6.42 Å². The predicted octanol–water partition coefficient (Wildman–Crippen LogP) is 2.41. The quantitative estimate of drug-likeness (QED) is 0.609. The molecule has 2 N–H and O–H groups in total. The van der Waals surface area contributed by atoms with Gasteiger partial charge in [-0.3, -0.25) is 9.48 Å². The summed E-state index contributed by atoms with van der Waals surface area (Å²) < 4.78 is 1.97. The second-order valence-corrected chi connectivity index (χ2v) is 5.82. The van der Waals surface area contributed by atoms with Gasteiger partial charge in [-0.15, -0.1) is 0 Å². The molecule has 0 aliphatic carbocycles. The second-order valence-electron chi connectivity index (χ2n) is 5.82. The Kier molecular flexibility index (Phi) is 3.30. The highest BCUT2D eigenvalue weighted by Gasteiger charge is 2.12. The Bertz CT molecular complexity index is 1060. The number of likely N-dealkylation sites (N-methyl/N-ethyl adjacent to an activating group) is 1. The van der Waals surface area contributed by atoms with Crippen molar-refractivity contribution < 1.29 is 4.79 Å². The van der Waals surface area contributed by atoms with Gasteiger partial charge in [-0.2, -0.15) is 0 Å². The molecule has 24 heavy (non-hydrogen) atoms. The number of hydrogen-bond donors (Lipinski definition) is 2.